The summed E-state index contributed by atoms with van der Waals surface area (Å²) in [6.45, 7) is 0.684. The Morgan fingerprint density at radius 1 is 1.45 bits per heavy atom. The minimum atomic E-state index is -2.94. The molecule has 0 N–H and O–H groups in total. The molecule has 0 atom stereocenters. The Labute approximate surface area is 68.4 Å². The lowest BCUT2D eigenvalue weighted by molar-refractivity contribution is 0.455. The summed E-state index contributed by atoms with van der Waals surface area (Å²) >= 11 is 0. The van der Waals surface area contributed by atoms with E-state index < -0.39 is 10.0 Å². The average molecular weight is 177 g/mol. The van der Waals surface area contributed by atoms with Gasteiger partial charge >= 0.3 is 0 Å². The highest BCUT2D eigenvalue weighted by Gasteiger charge is 2.22. The van der Waals surface area contributed by atoms with Crippen molar-refractivity contribution in [3.05, 3.63) is 0 Å². The van der Waals surface area contributed by atoms with Crippen molar-refractivity contribution in [1.29, 1.82) is 0 Å². The quantitative estimate of drug-likeness (QED) is 0.633. The Hall–Kier alpha value is -0.0900. The molecule has 1 aliphatic rings. The average Bonchev–Trinajstić information content (AvgIpc) is 2.62. The lowest BCUT2D eigenvalue weighted by Gasteiger charge is -2.12. The number of hydrogen-bond acceptors (Lipinski definition) is 2. The Balaban J connectivity index is 2.24. The fraction of sp³-hybridized carbons (Fsp3) is 1.00. The van der Waals surface area contributed by atoms with Gasteiger partial charge in [-0.3, -0.25) is 0 Å². The largest absolute Gasteiger partial charge is 0.213 e. The van der Waals surface area contributed by atoms with E-state index in [0.29, 0.717) is 6.54 Å². The van der Waals surface area contributed by atoms with Crippen LogP contribution in [-0.2, 0) is 10.0 Å². The van der Waals surface area contributed by atoms with E-state index in [9.17, 15) is 8.42 Å². The molecule has 3 nitrogen and oxygen atoms in total. The first-order valence-electron chi connectivity index (χ1n) is 3.91. The van der Waals surface area contributed by atoms with E-state index in [-0.39, 0.29) is 0 Å². The Bertz CT molecular complexity index is 219. The zero-order valence-electron chi connectivity index (χ0n) is 7.08. The minimum absolute atomic E-state index is 0.684. The van der Waals surface area contributed by atoms with Crippen LogP contribution in [0.3, 0.4) is 0 Å². The second-order valence-electron chi connectivity index (χ2n) is 3.32. The van der Waals surface area contributed by atoms with Gasteiger partial charge in [0.1, 0.15) is 0 Å². The highest BCUT2D eigenvalue weighted by molar-refractivity contribution is 7.88. The molecule has 0 amide bonds. The maximum atomic E-state index is 10.9. The van der Waals surface area contributed by atoms with Crippen molar-refractivity contribution >= 4 is 10.0 Å². The van der Waals surface area contributed by atoms with E-state index >= 15 is 0 Å². The highest BCUT2D eigenvalue weighted by Crippen LogP contribution is 2.32. The van der Waals surface area contributed by atoms with E-state index in [0.717, 1.165) is 12.3 Å². The monoisotopic (exact) mass is 177 g/mol. The smallest absolute Gasteiger partial charge is 0.210 e. The second kappa shape index (κ2) is 3.11. The summed E-state index contributed by atoms with van der Waals surface area (Å²) in [4.78, 5) is 0. The van der Waals surface area contributed by atoms with Gasteiger partial charge in [-0.25, -0.2) is 12.7 Å². The topological polar surface area (TPSA) is 37.4 Å². The molecule has 0 aromatic carbocycles. The third-order valence-electron chi connectivity index (χ3n) is 2.12. The first-order chi connectivity index (χ1) is 5.00. The van der Waals surface area contributed by atoms with Gasteiger partial charge in [0.25, 0.3) is 0 Å². The molecule has 0 bridgehead atoms. The van der Waals surface area contributed by atoms with Crippen LogP contribution in [0.1, 0.15) is 19.3 Å². The summed E-state index contributed by atoms with van der Waals surface area (Å²) in [5.74, 6) is 0.805. The molecule has 0 unspecified atom stereocenters. The van der Waals surface area contributed by atoms with Crippen molar-refractivity contribution in [2.75, 3.05) is 19.8 Å². The van der Waals surface area contributed by atoms with Crippen molar-refractivity contribution in [1.82, 2.24) is 4.31 Å². The standard InChI is InChI=1S/C7H15NO2S/c1-8(11(2,9)10)6-5-7-3-4-7/h7H,3-6H2,1-2H3. The molecule has 1 fully saturated rings. The van der Waals surface area contributed by atoms with Gasteiger partial charge in [-0.2, -0.15) is 0 Å². The molecule has 0 saturated heterocycles. The molecule has 1 rings (SSSR count). The molecular formula is C7H15NO2S. The fourth-order valence-corrected chi connectivity index (χ4v) is 1.37. The van der Waals surface area contributed by atoms with Crippen molar-refractivity contribution in [2.24, 2.45) is 5.92 Å². The van der Waals surface area contributed by atoms with E-state index in [2.05, 4.69) is 0 Å². The van der Waals surface area contributed by atoms with Crippen LogP contribution in [0.2, 0.25) is 0 Å². The summed E-state index contributed by atoms with van der Waals surface area (Å²) in [5, 5.41) is 0. The van der Waals surface area contributed by atoms with Crippen LogP contribution in [0.15, 0.2) is 0 Å². The second-order valence-corrected chi connectivity index (χ2v) is 5.41. The van der Waals surface area contributed by atoms with Gasteiger partial charge in [0.05, 0.1) is 6.26 Å². The van der Waals surface area contributed by atoms with Gasteiger partial charge in [-0.05, 0) is 12.3 Å². The molecule has 0 radical (unpaired) electrons. The molecule has 11 heavy (non-hydrogen) atoms. The molecule has 0 aromatic heterocycles. The van der Waals surface area contributed by atoms with Crippen LogP contribution in [0, 0.1) is 5.92 Å². The SMILES string of the molecule is CN(CCC1CC1)S(C)(=O)=O. The number of hydrogen-bond donors (Lipinski definition) is 0. The zero-order chi connectivity index (χ0) is 8.48. The maximum absolute atomic E-state index is 10.9. The number of rotatable bonds is 4. The van der Waals surface area contributed by atoms with Crippen LogP contribution in [0.5, 0.6) is 0 Å². The molecule has 0 aromatic rings. The molecule has 66 valence electrons. The van der Waals surface area contributed by atoms with Gasteiger partial charge in [0.15, 0.2) is 0 Å². The molecule has 0 heterocycles. The van der Waals surface area contributed by atoms with Crippen LogP contribution >= 0.6 is 0 Å². The van der Waals surface area contributed by atoms with Crippen LogP contribution in [-0.4, -0.2) is 32.6 Å². The Kier molecular flexibility index (Phi) is 2.54. The summed E-state index contributed by atoms with van der Waals surface area (Å²) in [6, 6.07) is 0. The van der Waals surface area contributed by atoms with Gasteiger partial charge in [-0.15, -0.1) is 0 Å². The number of nitrogens with zero attached hydrogens (tertiary/aromatic N) is 1. The van der Waals surface area contributed by atoms with E-state index in [4.69, 9.17) is 0 Å². The first kappa shape index (κ1) is 9.00. The van der Waals surface area contributed by atoms with Crippen LogP contribution in [0.25, 0.3) is 0 Å². The third-order valence-corrected chi connectivity index (χ3v) is 3.43. The maximum Gasteiger partial charge on any atom is 0.210 e. The summed E-state index contributed by atoms with van der Waals surface area (Å²) < 4.78 is 23.2. The summed E-state index contributed by atoms with van der Waals surface area (Å²) in [6.07, 6.45) is 4.86. The third kappa shape index (κ3) is 3.20. The summed E-state index contributed by atoms with van der Waals surface area (Å²) in [5.41, 5.74) is 0. The van der Waals surface area contributed by atoms with E-state index in [1.807, 2.05) is 0 Å². The van der Waals surface area contributed by atoms with Gasteiger partial charge < -0.3 is 0 Å². The predicted molar refractivity (Wildman–Crippen MR) is 44.8 cm³/mol. The molecule has 0 spiro atoms. The minimum Gasteiger partial charge on any atom is -0.213 e. The van der Waals surface area contributed by atoms with Crippen molar-refractivity contribution in [3.8, 4) is 0 Å². The fourth-order valence-electron chi connectivity index (χ4n) is 0.937. The predicted octanol–water partition coefficient (Wildman–Crippen LogP) is 0.678. The van der Waals surface area contributed by atoms with Crippen molar-refractivity contribution < 1.29 is 8.42 Å². The Morgan fingerprint density at radius 2 is 2.00 bits per heavy atom. The summed E-state index contributed by atoms with van der Waals surface area (Å²) in [7, 11) is -1.30. The lowest BCUT2D eigenvalue weighted by Crippen LogP contribution is -2.26. The highest BCUT2D eigenvalue weighted by atomic mass is 32.2. The van der Waals surface area contributed by atoms with Gasteiger partial charge in [-0.1, -0.05) is 12.8 Å². The first-order valence-corrected chi connectivity index (χ1v) is 5.76. The van der Waals surface area contributed by atoms with Gasteiger partial charge in [0.2, 0.25) is 10.0 Å². The molecule has 0 aliphatic heterocycles. The van der Waals surface area contributed by atoms with E-state index in [1.165, 1.54) is 23.4 Å². The van der Waals surface area contributed by atoms with Crippen LogP contribution < -0.4 is 0 Å². The van der Waals surface area contributed by atoms with Crippen LogP contribution in [0.4, 0.5) is 0 Å². The molecule has 4 heteroatoms. The number of sulfonamides is 1. The van der Waals surface area contributed by atoms with Crippen molar-refractivity contribution in [2.45, 2.75) is 19.3 Å². The molecule has 1 saturated carbocycles. The lowest BCUT2D eigenvalue weighted by atomic mass is 10.3. The zero-order valence-corrected chi connectivity index (χ0v) is 7.89. The van der Waals surface area contributed by atoms with E-state index in [1.54, 1.807) is 7.05 Å². The van der Waals surface area contributed by atoms with Crippen molar-refractivity contribution in [3.63, 3.8) is 0 Å². The van der Waals surface area contributed by atoms with Gasteiger partial charge in [0, 0.05) is 13.6 Å². The normalized spacial score (nSPS) is 19.2. The molecule has 1 aliphatic carbocycles. The molecular weight excluding hydrogens is 162 g/mol. The Morgan fingerprint density at radius 3 is 2.36 bits per heavy atom.